The first-order valence-corrected chi connectivity index (χ1v) is 16.0. The van der Waals surface area contributed by atoms with Gasteiger partial charge in [0.05, 0.1) is 0 Å². The van der Waals surface area contributed by atoms with Crippen molar-refractivity contribution in [2.45, 2.75) is 47.5 Å². The Hall–Kier alpha value is -2.46. The number of hydrogen-bond acceptors (Lipinski definition) is 4. The minimum atomic E-state index is -6.36. The topological polar surface area (TPSA) is 36.9 Å². The van der Waals surface area contributed by atoms with Crippen LogP contribution in [0.3, 0.4) is 0 Å². The molecule has 3 rings (SSSR count). The average molecular weight is 716 g/mol. The number of rotatable bonds is 11. The minimum absolute atomic E-state index is 0.541. The number of halogens is 12. The van der Waals surface area contributed by atoms with Crippen LogP contribution in [-0.4, -0.2) is 6.61 Å². The summed E-state index contributed by atoms with van der Waals surface area (Å²) in [5.74, 6) is -22.7. The SMILES string of the molecule is CC[O][Zr]([O]Cc1c(F)c(F)c(C)c(F)c1F)([O]Cc1c(F)c(F)c(C)c(F)c1F)[O]Cc1c(F)c(F)c(C)c(F)c1F. The van der Waals surface area contributed by atoms with Crippen molar-refractivity contribution in [3.8, 4) is 0 Å². The summed E-state index contributed by atoms with van der Waals surface area (Å²) in [5.41, 5.74) is -7.38. The molecule has 0 aliphatic carbocycles. The first kappa shape index (κ1) is 35.0. The summed E-state index contributed by atoms with van der Waals surface area (Å²) < 4.78 is 193. The zero-order valence-corrected chi connectivity index (χ0v) is 25.0. The van der Waals surface area contributed by atoms with Crippen LogP contribution in [0.2, 0.25) is 0 Å². The Morgan fingerprint density at radius 2 is 0.581 bits per heavy atom. The van der Waals surface area contributed by atoms with Crippen molar-refractivity contribution < 1.29 is 86.0 Å². The van der Waals surface area contributed by atoms with Crippen molar-refractivity contribution in [1.82, 2.24) is 0 Å². The van der Waals surface area contributed by atoms with Gasteiger partial charge in [-0.1, -0.05) is 0 Å². The van der Waals surface area contributed by atoms with Gasteiger partial charge in [-0.3, -0.25) is 0 Å². The maximum atomic E-state index is 14.5. The van der Waals surface area contributed by atoms with Crippen LogP contribution in [0.5, 0.6) is 0 Å². The third-order valence-electron chi connectivity index (χ3n) is 6.22. The molecule has 3 aromatic rings. The Morgan fingerprint density at radius 1 is 0.372 bits per heavy atom. The van der Waals surface area contributed by atoms with E-state index in [1.54, 1.807) is 0 Å². The van der Waals surface area contributed by atoms with Crippen LogP contribution in [0.25, 0.3) is 0 Å². The van der Waals surface area contributed by atoms with E-state index >= 15 is 0 Å². The fraction of sp³-hybridized carbons (Fsp3) is 0.308. The molecule has 0 fully saturated rings. The van der Waals surface area contributed by atoms with Crippen molar-refractivity contribution in [2.75, 3.05) is 6.61 Å². The predicted octanol–water partition coefficient (Wildman–Crippen LogP) is 8.08. The normalized spacial score (nSPS) is 12.0. The fourth-order valence-electron chi connectivity index (χ4n) is 3.65. The van der Waals surface area contributed by atoms with E-state index in [0.717, 1.165) is 0 Å². The molecule has 0 unspecified atom stereocenters. The summed E-state index contributed by atoms with van der Waals surface area (Å²) in [6, 6.07) is 0. The number of hydrogen-bond donors (Lipinski definition) is 0. The van der Waals surface area contributed by atoms with Crippen LogP contribution in [0, 0.1) is 90.6 Å². The molecule has 3 aromatic carbocycles. The van der Waals surface area contributed by atoms with Crippen LogP contribution in [0.4, 0.5) is 52.7 Å². The molecule has 0 saturated carbocycles. The second-order valence-corrected chi connectivity index (χ2v) is 14.2. The second-order valence-electron chi connectivity index (χ2n) is 8.88. The molecular formula is C26H20F12O4Zr. The molecule has 0 N–H and O–H groups in total. The van der Waals surface area contributed by atoms with E-state index in [2.05, 4.69) is 0 Å². The van der Waals surface area contributed by atoms with Crippen LogP contribution in [0.15, 0.2) is 0 Å². The van der Waals surface area contributed by atoms with Crippen molar-refractivity contribution in [2.24, 2.45) is 0 Å². The molecule has 0 spiro atoms. The Balaban J connectivity index is 2.10. The summed E-state index contributed by atoms with van der Waals surface area (Å²) in [4.78, 5) is 0. The summed E-state index contributed by atoms with van der Waals surface area (Å²) in [6.45, 7) is -1.69. The predicted molar refractivity (Wildman–Crippen MR) is 119 cm³/mol. The van der Waals surface area contributed by atoms with E-state index in [4.69, 9.17) is 11.3 Å². The van der Waals surface area contributed by atoms with Crippen molar-refractivity contribution in [3.05, 3.63) is 103 Å². The van der Waals surface area contributed by atoms with Crippen LogP contribution >= 0.6 is 0 Å². The van der Waals surface area contributed by atoms with Crippen molar-refractivity contribution >= 4 is 0 Å². The summed E-state index contributed by atoms with van der Waals surface area (Å²) >= 11 is -6.36. The Labute approximate surface area is 243 Å². The van der Waals surface area contributed by atoms with Crippen molar-refractivity contribution in [1.29, 1.82) is 0 Å². The Morgan fingerprint density at radius 3 is 0.767 bits per heavy atom. The zero-order chi connectivity index (χ0) is 32.5. The fourth-order valence-corrected chi connectivity index (χ4v) is 8.12. The van der Waals surface area contributed by atoms with E-state index in [-0.39, 0.29) is 0 Å². The monoisotopic (exact) mass is 714 g/mol. The quantitative estimate of drug-likeness (QED) is 0.149. The first-order valence-electron chi connectivity index (χ1n) is 12.0. The van der Waals surface area contributed by atoms with Gasteiger partial charge in [-0.05, 0) is 0 Å². The van der Waals surface area contributed by atoms with Gasteiger partial charge in [0.15, 0.2) is 0 Å². The Kier molecular flexibility index (Phi) is 11.1. The van der Waals surface area contributed by atoms with Gasteiger partial charge >= 0.3 is 243 Å². The molecule has 43 heavy (non-hydrogen) atoms. The van der Waals surface area contributed by atoms with Crippen LogP contribution in [-0.2, 0) is 53.1 Å². The van der Waals surface area contributed by atoms with Gasteiger partial charge < -0.3 is 0 Å². The average Bonchev–Trinajstić information content (AvgIpc) is 2.98. The molecule has 236 valence electrons. The van der Waals surface area contributed by atoms with Gasteiger partial charge in [0, 0.05) is 0 Å². The molecule has 0 aliphatic heterocycles. The Bertz CT molecular complexity index is 1300. The van der Waals surface area contributed by atoms with E-state index in [9.17, 15) is 52.7 Å². The maximum absolute atomic E-state index is 14.5. The van der Waals surface area contributed by atoms with E-state index in [1.165, 1.54) is 6.92 Å². The molecule has 0 bridgehead atoms. The summed E-state index contributed by atoms with van der Waals surface area (Å²) in [7, 11) is 0. The summed E-state index contributed by atoms with van der Waals surface area (Å²) in [6.07, 6.45) is 0. The van der Waals surface area contributed by atoms with Crippen LogP contribution in [0.1, 0.15) is 40.3 Å². The molecule has 0 aliphatic rings. The second kappa shape index (κ2) is 13.7. The van der Waals surface area contributed by atoms with E-state index in [0.29, 0.717) is 20.8 Å². The molecule has 17 heteroatoms. The molecule has 4 nitrogen and oxygen atoms in total. The van der Waals surface area contributed by atoms with Gasteiger partial charge in [-0.25, -0.2) is 0 Å². The molecule has 0 aromatic heterocycles. The first-order chi connectivity index (χ1) is 20.0. The molecule has 0 radical (unpaired) electrons. The van der Waals surface area contributed by atoms with Gasteiger partial charge in [-0.15, -0.1) is 0 Å². The molecular weight excluding hydrogens is 695 g/mol. The third-order valence-corrected chi connectivity index (χ3v) is 11.5. The summed E-state index contributed by atoms with van der Waals surface area (Å²) in [5, 5.41) is 0. The van der Waals surface area contributed by atoms with Crippen LogP contribution < -0.4 is 0 Å². The molecule has 0 amide bonds. The van der Waals surface area contributed by atoms with Gasteiger partial charge in [0.25, 0.3) is 0 Å². The van der Waals surface area contributed by atoms with Gasteiger partial charge in [-0.2, -0.15) is 0 Å². The van der Waals surface area contributed by atoms with E-state index in [1.807, 2.05) is 0 Å². The van der Waals surface area contributed by atoms with Gasteiger partial charge in [0.2, 0.25) is 0 Å². The molecule has 0 heterocycles. The standard InChI is InChI=1S/3C8H5F4O.C2H5O.Zr/c3*1-3-5(9)7(11)4(2-13)8(12)6(3)10;1-2-3;/h3*2H2,1H3;2H2,1H3;/q4*-1;+4. The third kappa shape index (κ3) is 6.65. The number of benzene rings is 3. The van der Waals surface area contributed by atoms with Gasteiger partial charge in [0.1, 0.15) is 0 Å². The molecule has 0 atom stereocenters. The molecule has 0 saturated heterocycles. The van der Waals surface area contributed by atoms with E-state index < -0.39 is 152 Å². The zero-order valence-electron chi connectivity index (χ0n) is 22.5. The van der Waals surface area contributed by atoms with Crippen molar-refractivity contribution in [3.63, 3.8) is 0 Å².